The SMILES string of the molecule is Cn1cc(C(N)C(=O)NC2CC(O)C2)cn1. The highest BCUT2D eigenvalue weighted by molar-refractivity contribution is 5.83. The largest absolute Gasteiger partial charge is 0.393 e. The van der Waals surface area contributed by atoms with Crippen LogP contribution >= 0.6 is 0 Å². The fourth-order valence-corrected chi connectivity index (χ4v) is 1.75. The van der Waals surface area contributed by atoms with Crippen LogP contribution in [-0.2, 0) is 11.8 Å². The lowest BCUT2D eigenvalue weighted by Crippen LogP contribution is -2.49. The highest BCUT2D eigenvalue weighted by Gasteiger charge is 2.30. The maximum absolute atomic E-state index is 11.7. The van der Waals surface area contributed by atoms with Crippen molar-refractivity contribution >= 4 is 5.91 Å². The molecule has 1 saturated carbocycles. The van der Waals surface area contributed by atoms with Crippen molar-refractivity contribution in [3.8, 4) is 0 Å². The molecule has 6 heteroatoms. The molecule has 1 aliphatic carbocycles. The van der Waals surface area contributed by atoms with Crippen molar-refractivity contribution in [3.05, 3.63) is 18.0 Å². The van der Waals surface area contributed by atoms with Crippen LogP contribution in [0.2, 0.25) is 0 Å². The predicted octanol–water partition coefficient (Wildman–Crippen LogP) is -0.941. The molecule has 0 spiro atoms. The number of hydrogen-bond acceptors (Lipinski definition) is 4. The van der Waals surface area contributed by atoms with Gasteiger partial charge in [0.15, 0.2) is 0 Å². The lowest BCUT2D eigenvalue weighted by Gasteiger charge is -2.32. The average Bonchev–Trinajstić information content (AvgIpc) is 2.61. The quantitative estimate of drug-likeness (QED) is 0.617. The monoisotopic (exact) mass is 224 g/mol. The van der Waals surface area contributed by atoms with E-state index >= 15 is 0 Å². The van der Waals surface area contributed by atoms with Crippen LogP contribution < -0.4 is 11.1 Å². The van der Waals surface area contributed by atoms with E-state index in [4.69, 9.17) is 10.8 Å². The smallest absolute Gasteiger partial charge is 0.241 e. The Kier molecular flexibility index (Phi) is 2.93. The minimum absolute atomic E-state index is 0.0604. The number of nitrogens with one attached hydrogen (secondary N) is 1. The van der Waals surface area contributed by atoms with E-state index < -0.39 is 6.04 Å². The number of amides is 1. The van der Waals surface area contributed by atoms with Gasteiger partial charge in [0.25, 0.3) is 0 Å². The minimum Gasteiger partial charge on any atom is -0.393 e. The molecule has 0 aliphatic heterocycles. The van der Waals surface area contributed by atoms with E-state index in [1.54, 1.807) is 24.1 Å². The zero-order valence-electron chi connectivity index (χ0n) is 9.13. The molecule has 0 aromatic carbocycles. The molecule has 6 nitrogen and oxygen atoms in total. The molecule has 1 fully saturated rings. The van der Waals surface area contributed by atoms with Crippen LogP contribution in [-0.4, -0.2) is 32.9 Å². The van der Waals surface area contributed by atoms with Crippen LogP contribution in [0.25, 0.3) is 0 Å². The van der Waals surface area contributed by atoms with Crippen molar-refractivity contribution in [2.24, 2.45) is 12.8 Å². The van der Waals surface area contributed by atoms with Crippen LogP contribution in [0, 0.1) is 0 Å². The van der Waals surface area contributed by atoms with E-state index in [-0.39, 0.29) is 18.1 Å². The van der Waals surface area contributed by atoms with Gasteiger partial charge in [0.05, 0.1) is 12.3 Å². The number of aryl methyl sites for hydroxylation is 1. The van der Waals surface area contributed by atoms with E-state index in [0.717, 1.165) is 0 Å². The standard InChI is InChI=1S/C10H16N4O2/c1-14-5-6(4-12-14)9(11)10(16)13-7-2-8(15)3-7/h4-5,7-9,15H,2-3,11H2,1H3,(H,13,16). The second kappa shape index (κ2) is 4.23. The number of carbonyl (C=O) groups excluding carboxylic acids is 1. The van der Waals surface area contributed by atoms with Gasteiger partial charge in [0.2, 0.25) is 5.91 Å². The summed E-state index contributed by atoms with van der Waals surface area (Å²) in [4.78, 5) is 11.7. The Bertz CT molecular complexity index is 384. The van der Waals surface area contributed by atoms with Gasteiger partial charge in [-0.1, -0.05) is 0 Å². The van der Waals surface area contributed by atoms with Crippen LogP contribution in [0.4, 0.5) is 0 Å². The number of rotatable bonds is 3. The van der Waals surface area contributed by atoms with Gasteiger partial charge in [0.1, 0.15) is 6.04 Å². The van der Waals surface area contributed by atoms with Gasteiger partial charge < -0.3 is 16.2 Å². The summed E-state index contributed by atoms with van der Waals surface area (Å²) < 4.78 is 1.61. The summed E-state index contributed by atoms with van der Waals surface area (Å²) in [6.45, 7) is 0. The zero-order chi connectivity index (χ0) is 11.7. The normalized spacial score (nSPS) is 25.9. The first-order chi connectivity index (χ1) is 7.56. The third-order valence-electron chi connectivity index (χ3n) is 2.83. The molecule has 0 saturated heterocycles. The Labute approximate surface area is 93.4 Å². The van der Waals surface area contributed by atoms with Crippen molar-refractivity contribution in [1.82, 2.24) is 15.1 Å². The van der Waals surface area contributed by atoms with Crippen LogP contribution in [0.1, 0.15) is 24.4 Å². The lowest BCUT2D eigenvalue weighted by molar-refractivity contribution is -0.124. The Hall–Kier alpha value is -1.40. The molecule has 1 aliphatic rings. The summed E-state index contributed by atoms with van der Waals surface area (Å²) in [5.74, 6) is -0.218. The first kappa shape index (κ1) is 11.1. The topological polar surface area (TPSA) is 93.2 Å². The summed E-state index contributed by atoms with van der Waals surface area (Å²) in [6.07, 6.45) is 4.26. The van der Waals surface area contributed by atoms with Gasteiger partial charge in [-0.25, -0.2) is 0 Å². The third kappa shape index (κ3) is 2.23. The molecule has 0 radical (unpaired) electrons. The van der Waals surface area contributed by atoms with Gasteiger partial charge in [0, 0.05) is 24.8 Å². The van der Waals surface area contributed by atoms with Gasteiger partial charge in [-0.15, -0.1) is 0 Å². The molecule has 1 heterocycles. The molecule has 0 bridgehead atoms. The van der Waals surface area contributed by atoms with Crippen LogP contribution in [0.5, 0.6) is 0 Å². The summed E-state index contributed by atoms with van der Waals surface area (Å²) in [6, 6.07) is -0.628. The summed E-state index contributed by atoms with van der Waals surface area (Å²) in [7, 11) is 1.77. The number of hydrogen-bond donors (Lipinski definition) is 3. The van der Waals surface area contributed by atoms with E-state index in [1.165, 1.54) is 0 Å². The molecular formula is C10H16N4O2. The molecule has 88 valence electrons. The number of aromatic nitrogens is 2. The predicted molar refractivity (Wildman–Crippen MR) is 57.3 cm³/mol. The Morgan fingerprint density at radius 1 is 1.75 bits per heavy atom. The van der Waals surface area contributed by atoms with E-state index in [0.29, 0.717) is 18.4 Å². The first-order valence-corrected chi connectivity index (χ1v) is 5.29. The van der Waals surface area contributed by atoms with Crippen molar-refractivity contribution in [2.45, 2.75) is 31.0 Å². The second-order valence-electron chi connectivity index (χ2n) is 4.26. The van der Waals surface area contributed by atoms with Gasteiger partial charge in [-0.2, -0.15) is 5.10 Å². The third-order valence-corrected chi connectivity index (χ3v) is 2.83. The lowest BCUT2D eigenvalue weighted by atomic mass is 9.89. The fourth-order valence-electron chi connectivity index (χ4n) is 1.75. The average molecular weight is 224 g/mol. The number of aliphatic hydroxyl groups excluding tert-OH is 1. The maximum atomic E-state index is 11.7. The van der Waals surface area contributed by atoms with E-state index in [9.17, 15) is 4.79 Å². The highest BCUT2D eigenvalue weighted by atomic mass is 16.3. The second-order valence-corrected chi connectivity index (χ2v) is 4.26. The Morgan fingerprint density at radius 3 is 2.94 bits per heavy atom. The van der Waals surface area contributed by atoms with E-state index in [1.807, 2.05) is 0 Å². The van der Waals surface area contributed by atoms with Crippen molar-refractivity contribution < 1.29 is 9.90 Å². The summed E-state index contributed by atoms with van der Waals surface area (Å²) >= 11 is 0. The van der Waals surface area contributed by atoms with Gasteiger partial charge >= 0.3 is 0 Å². The fraction of sp³-hybridized carbons (Fsp3) is 0.600. The number of nitrogens with zero attached hydrogens (tertiary/aromatic N) is 2. The van der Waals surface area contributed by atoms with Crippen molar-refractivity contribution in [1.29, 1.82) is 0 Å². The molecular weight excluding hydrogens is 208 g/mol. The van der Waals surface area contributed by atoms with Gasteiger partial charge in [-0.3, -0.25) is 9.48 Å². The Balaban J connectivity index is 1.89. The summed E-state index contributed by atoms with van der Waals surface area (Å²) in [5, 5.41) is 15.8. The zero-order valence-corrected chi connectivity index (χ0v) is 9.13. The molecule has 4 N–H and O–H groups in total. The molecule has 1 atom stereocenters. The van der Waals surface area contributed by atoms with Crippen molar-refractivity contribution in [2.75, 3.05) is 0 Å². The van der Waals surface area contributed by atoms with Crippen LogP contribution in [0.3, 0.4) is 0 Å². The molecule has 1 amide bonds. The van der Waals surface area contributed by atoms with E-state index in [2.05, 4.69) is 10.4 Å². The van der Waals surface area contributed by atoms with Gasteiger partial charge in [-0.05, 0) is 12.8 Å². The van der Waals surface area contributed by atoms with Crippen molar-refractivity contribution in [3.63, 3.8) is 0 Å². The molecule has 2 rings (SSSR count). The Morgan fingerprint density at radius 2 is 2.44 bits per heavy atom. The molecule has 1 aromatic heterocycles. The number of nitrogens with two attached hydrogens (primary N) is 1. The molecule has 1 aromatic rings. The summed E-state index contributed by atoms with van der Waals surface area (Å²) in [5.41, 5.74) is 6.48. The molecule has 16 heavy (non-hydrogen) atoms. The highest BCUT2D eigenvalue weighted by Crippen LogP contribution is 2.20. The maximum Gasteiger partial charge on any atom is 0.241 e. The minimum atomic E-state index is -0.688. The number of carbonyl (C=O) groups is 1. The molecule has 1 unspecified atom stereocenters. The number of aliphatic hydroxyl groups is 1. The first-order valence-electron chi connectivity index (χ1n) is 5.29. The van der Waals surface area contributed by atoms with Crippen LogP contribution in [0.15, 0.2) is 12.4 Å².